The second-order valence-corrected chi connectivity index (χ2v) is 6.45. The largest absolute Gasteiger partial charge is 0.496 e. The first-order valence-corrected chi connectivity index (χ1v) is 7.75. The fourth-order valence-electron chi connectivity index (χ4n) is 3.54. The first kappa shape index (κ1) is 14.9. The van der Waals surface area contributed by atoms with Crippen LogP contribution in [0.15, 0.2) is 12.1 Å². The summed E-state index contributed by atoms with van der Waals surface area (Å²) >= 11 is 12.5. The van der Waals surface area contributed by atoms with Crippen LogP contribution < -0.4 is 4.74 Å². The van der Waals surface area contributed by atoms with Gasteiger partial charge >= 0.3 is 0 Å². The van der Waals surface area contributed by atoms with Gasteiger partial charge in [0.05, 0.1) is 29.7 Å². The minimum absolute atomic E-state index is 0.0436. The van der Waals surface area contributed by atoms with E-state index >= 15 is 0 Å². The first-order valence-electron chi connectivity index (χ1n) is 7.00. The maximum absolute atomic E-state index is 12.2. The van der Waals surface area contributed by atoms with Gasteiger partial charge in [-0.1, -0.05) is 23.2 Å². The zero-order valence-electron chi connectivity index (χ0n) is 11.7. The van der Waals surface area contributed by atoms with E-state index in [0.717, 1.165) is 12.0 Å². The lowest BCUT2D eigenvalue weighted by Gasteiger charge is -2.19. The van der Waals surface area contributed by atoms with Gasteiger partial charge < -0.3 is 14.7 Å². The molecule has 114 valence electrons. The van der Waals surface area contributed by atoms with Crippen LogP contribution in [0.5, 0.6) is 5.75 Å². The minimum Gasteiger partial charge on any atom is -0.496 e. The van der Waals surface area contributed by atoms with E-state index in [-0.39, 0.29) is 30.4 Å². The molecule has 2 saturated heterocycles. The van der Waals surface area contributed by atoms with Crippen molar-refractivity contribution < 1.29 is 14.6 Å². The molecule has 1 amide bonds. The molecular formula is C15H17Cl2NO3. The third-order valence-corrected chi connectivity index (χ3v) is 5.36. The fourth-order valence-corrected chi connectivity index (χ4v) is 4.02. The number of nitrogens with zero attached hydrogens (tertiary/aromatic N) is 1. The zero-order valence-corrected chi connectivity index (χ0v) is 13.2. The van der Waals surface area contributed by atoms with E-state index < -0.39 is 0 Å². The van der Waals surface area contributed by atoms with Crippen molar-refractivity contribution in [1.82, 2.24) is 4.90 Å². The summed E-state index contributed by atoms with van der Waals surface area (Å²) in [7, 11) is 1.60. The van der Waals surface area contributed by atoms with Gasteiger partial charge in [0.15, 0.2) is 0 Å². The van der Waals surface area contributed by atoms with Crippen LogP contribution >= 0.6 is 23.2 Å². The average Bonchev–Trinajstić information content (AvgIpc) is 3.01. The number of rotatable bonds is 3. The highest BCUT2D eigenvalue weighted by atomic mass is 35.5. The number of methoxy groups -OCH3 is 1. The van der Waals surface area contributed by atoms with E-state index in [1.807, 2.05) is 11.0 Å². The van der Waals surface area contributed by atoms with E-state index in [0.29, 0.717) is 28.8 Å². The average molecular weight is 330 g/mol. The number of carbonyl (C=O) groups is 1. The molecule has 1 N–H and O–H groups in total. The second kappa shape index (κ2) is 5.67. The summed E-state index contributed by atoms with van der Waals surface area (Å²) in [4.78, 5) is 14.0. The quantitative estimate of drug-likeness (QED) is 0.927. The molecule has 4 nitrogen and oxygen atoms in total. The molecule has 0 spiro atoms. The number of benzene rings is 1. The maximum Gasteiger partial charge on any atom is 0.228 e. The molecule has 1 aromatic rings. The van der Waals surface area contributed by atoms with Crippen molar-refractivity contribution >= 4 is 29.1 Å². The maximum atomic E-state index is 12.2. The molecule has 0 aromatic heterocycles. The van der Waals surface area contributed by atoms with Gasteiger partial charge in [-0.2, -0.15) is 0 Å². The van der Waals surface area contributed by atoms with Crippen LogP contribution in [0.25, 0.3) is 0 Å². The summed E-state index contributed by atoms with van der Waals surface area (Å²) in [5, 5.41) is 10.2. The van der Waals surface area contributed by atoms with E-state index in [4.69, 9.17) is 27.9 Å². The van der Waals surface area contributed by atoms with Crippen molar-refractivity contribution in [2.45, 2.75) is 24.8 Å². The van der Waals surface area contributed by atoms with E-state index in [9.17, 15) is 9.90 Å². The van der Waals surface area contributed by atoms with Crippen molar-refractivity contribution in [1.29, 1.82) is 0 Å². The molecule has 1 aromatic carbocycles. The predicted molar refractivity (Wildman–Crippen MR) is 81.1 cm³/mol. The molecular weight excluding hydrogens is 313 g/mol. The molecule has 2 unspecified atom stereocenters. The van der Waals surface area contributed by atoms with Crippen LogP contribution in [-0.4, -0.2) is 42.2 Å². The van der Waals surface area contributed by atoms with Crippen molar-refractivity contribution in [3.8, 4) is 5.75 Å². The monoisotopic (exact) mass is 329 g/mol. The molecule has 0 radical (unpaired) electrons. The molecule has 2 aliphatic heterocycles. The van der Waals surface area contributed by atoms with Gasteiger partial charge in [0.1, 0.15) is 5.75 Å². The molecule has 0 bridgehead atoms. The number of halogens is 2. The normalized spacial score (nSPS) is 28.1. The zero-order chi connectivity index (χ0) is 15.1. The van der Waals surface area contributed by atoms with Gasteiger partial charge in [-0.3, -0.25) is 4.79 Å². The number of hydrogen-bond acceptors (Lipinski definition) is 3. The molecule has 0 saturated carbocycles. The Morgan fingerprint density at radius 1 is 1.38 bits per heavy atom. The molecule has 2 aliphatic rings. The van der Waals surface area contributed by atoms with Gasteiger partial charge in [-0.15, -0.1) is 0 Å². The number of fused-ring (bicyclic) bond motifs is 1. The van der Waals surface area contributed by atoms with Crippen LogP contribution in [0.4, 0.5) is 0 Å². The summed E-state index contributed by atoms with van der Waals surface area (Å²) in [6, 6.07) is 3.71. The Bertz CT molecular complexity index is 578. The van der Waals surface area contributed by atoms with Gasteiger partial charge in [-0.05, 0) is 25.0 Å². The molecule has 3 atom stereocenters. The van der Waals surface area contributed by atoms with Crippen LogP contribution in [0.2, 0.25) is 10.0 Å². The van der Waals surface area contributed by atoms with Crippen molar-refractivity contribution in [2.24, 2.45) is 5.92 Å². The van der Waals surface area contributed by atoms with E-state index in [1.54, 1.807) is 13.2 Å². The van der Waals surface area contributed by atoms with Crippen LogP contribution in [0.3, 0.4) is 0 Å². The summed E-state index contributed by atoms with van der Waals surface area (Å²) in [6.07, 6.45) is 1.55. The lowest BCUT2D eigenvalue weighted by Crippen LogP contribution is -2.30. The van der Waals surface area contributed by atoms with E-state index in [1.165, 1.54) is 0 Å². The van der Waals surface area contributed by atoms with Crippen molar-refractivity contribution in [3.05, 3.63) is 27.7 Å². The third kappa shape index (κ3) is 2.39. The minimum atomic E-state index is -0.243. The third-order valence-electron chi connectivity index (χ3n) is 4.54. The summed E-state index contributed by atoms with van der Waals surface area (Å²) in [5.74, 6) is 0.635. The molecule has 0 aliphatic carbocycles. The number of amides is 1. The second-order valence-electron chi connectivity index (χ2n) is 5.67. The van der Waals surface area contributed by atoms with Crippen LogP contribution in [0, 0.1) is 5.92 Å². The van der Waals surface area contributed by atoms with Gasteiger partial charge in [0.25, 0.3) is 0 Å². The Hall–Kier alpha value is -0.970. The van der Waals surface area contributed by atoms with Gasteiger partial charge in [-0.25, -0.2) is 0 Å². The Kier molecular flexibility index (Phi) is 4.04. The highest BCUT2D eigenvalue weighted by Crippen LogP contribution is 2.46. The fraction of sp³-hybridized carbons (Fsp3) is 0.533. The first-order chi connectivity index (χ1) is 10.1. The summed E-state index contributed by atoms with van der Waals surface area (Å²) in [5.41, 5.74) is 0.884. The van der Waals surface area contributed by atoms with E-state index in [2.05, 4.69) is 0 Å². The topological polar surface area (TPSA) is 49.8 Å². The van der Waals surface area contributed by atoms with Crippen molar-refractivity contribution in [2.75, 3.05) is 20.3 Å². The van der Waals surface area contributed by atoms with Crippen LogP contribution in [-0.2, 0) is 4.79 Å². The predicted octanol–water partition coefficient (Wildman–Crippen LogP) is 2.70. The summed E-state index contributed by atoms with van der Waals surface area (Å²) in [6.45, 7) is 0.536. The number of hydrogen-bond donors (Lipinski definition) is 1. The highest BCUT2D eigenvalue weighted by molar-refractivity contribution is 6.42. The van der Waals surface area contributed by atoms with Crippen molar-refractivity contribution in [3.63, 3.8) is 0 Å². The molecule has 3 rings (SSSR count). The number of ether oxygens (including phenoxy) is 1. The molecule has 2 heterocycles. The standard InChI is InChI=1S/C15H17Cl2NO3/c1-21-12-3-2-11(16)14(17)13(12)8-4-10-5-9(7-19)15(20)18(10)6-8/h2-3,8-10,19H,4-7H2,1H3/t8-,9?,10?/m0/s1. The lowest BCUT2D eigenvalue weighted by atomic mass is 9.92. The lowest BCUT2D eigenvalue weighted by molar-refractivity contribution is -0.132. The molecule has 21 heavy (non-hydrogen) atoms. The number of carbonyl (C=O) groups excluding carboxylic acids is 1. The Morgan fingerprint density at radius 3 is 2.76 bits per heavy atom. The molecule has 6 heteroatoms. The number of aliphatic hydroxyl groups excluding tert-OH is 1. The smallest absolute Gasteiger partial charge is 0.228 e. The Balaban J connectivity index is 1.89. The van der Waals surface area contributed by atoms with Crippen LogP contribution in [0.1, 0.15) is 24.3 Å². The summed E-state index contributed by atoms with van der Waals surface area (Å²) < 4.78 is 5.40. The molecule has 2 fully saturated rings. The van der Waals surface area contributed by atoms with Gasteiger partial charge in [0, 0.05) is 24.1 Å². The Labute approximate surface area is 133 Å². The highest BCUT2D eigenvalue weighted by Gasteiger charge is 2.46. The Morgan fingerprint density at radius 2 is 2.14 bits per heavy atom. The SMILES string of the molecule is COc1ccc(Cl)c(Cl)c1[C@H]1CC2CC(CO)C(=O)N2C1. The van der Waals surface area contributed by atoms with Gasteiger partial charge in [0.2, 0.25) is 5.91 Å². The number of aliphatic hydroxyl groups is 1.